The van der Waals surface area contributed by atoms with Gasteiger partial charge in [0.1, 0.15) is 6.04 Å². The van der Waals surface area contributed by atoms with Crippen molar-refractivity contribution < 1.29 is 9.59 Å². The van der Waals surface area contributed by atoms with Crippen molar-refractivity contribution in [3.05, 3.63) is 87.9 Å². The number of piperazine rings is 2. The highest BCUT2D eigenvalue weighted by Gasteiger charge is 2.46. The second kappa shape index (κ2) is 15.6. The van der Waals surface area contributed by atoms with E-state index in [4.69, 9.17) is 0 Å². The van der Waals surface area contributed by atoms with Gasteiger partial charge in [0.2, 0.25) is 0 Å². The Labute approximate surface area is 319 Å². The van der Waals surface area contributed by atoms with Crippen LogP contribution in [0, 0.1) is 17.2 Å². The van der Waals surface area contributed by atoms with Crippen LogP contribution in [0.3, 0.4) is 0 Å². The second-order valence-corrected chi connectivity index (χ2v) is 16.1. The van der Waals surface area contributed by atoms with Gasteiger partial charge in [0.15, 0.2) is 5.82 Å². The van der Waals surface area contributed by atoms with Crippen molar-refractivity contribution in [2.75, 3.05) is 73.0 Å². The summed E-state index contributed by atoms with van der Waals surface area (Å²) >= 11 is 0. The Kier molecular flexibility index (Phi) is 10.9. The maximum absolute atomic E-state index is 13.9. The van der Waals surface area contributed by atoms with Crippen LogP contribution >= 0.6 is 0 Å². The molecule has 4 atom stereocenters. The molecule has 54 heavy (non-hydrogen) atoms. The molecule has 4 heterocycles. The van der Waals surface area contributed by atoms with E-state index in [1.807, 2.05) is 21.9 Å². The molecule has 0 saturated carbocycles. The molecule has 3 fully saturated rings. The Hall–Kier alpha value is -4.64. The monoisotopic (exact) mass is 733 g/mol. The number of nitrogens with zero attached hydrogens (tertiary/aromatic N) is 9. The summed E-state index contributed by atoms with van der Waals surface area (Å²) in [5.74, 6) is 1.05. The third-order valence-corrected chi connectivity index (χ3v) is 12.6. The number of hydrogen-bond donors (Lipinski definition) is 2. The number of fused-ring (bicyclic) bond motifs is 2. The first kappa shape index (κ1) is 37.7. The van der Waals surface area contributed by atoms with E-state index < -0.39 is 5.41 Å². The van der Waals surface area contributed by atoms with Crippen LogP contribution in [0.1, 0.15) is 82.4 Å². The van der Waals surface area contributed by atoms with E-state index in [2.05, 4.69) is 112 Å². The Morgan fingerprint density at radius 2 is 1.46 bits per heavy atom. The van der Waals surface area contributed by atoms with Crippen molar-refractivity contribution in [2.45, 2.75) is 70.0 Å². The van der Waals surface area contributed by atoms with Gasteiger partial charge < -0.3 is 29.8 Å². The van der Waals surface area contributed by atoms with Crippen molar-refractivity contribution >= 4 is 11.8 Å². The topological polar surface area (TPSA) is 141 Å². The molecule has 3 aromatic rings. The normalized spacial score (nSPS) is 23.6. The number of amides is 2. The number of nitrogens with one attached hydrogen (secondary N) is 2. The fraction of sp³-hybridized carbons (Fsp3) is 0.561. The van der Waals surface area contributed by atoms with E-state index in [-0.39, 0.29) is 29.9 Å². The van der Waals surface area contributed by atoms with Gasteiger partial charge >= 0.3 is 0 Å². The van der Waals surface area contributed by atoms with Crippen LogP contribution in [-0.4, -0.2) is 148 Å². The standard InChI is InChI=1S/C41H55N11O2/c1-27-21-35(25-42)52(30(27)4)29(3)26-43-28(2)24-41(40-44-46-47-45-40)36-11-9-33(38(53)50-17-13-48(5)14-18-50)22-31(36)7-8-32-23-34(10-12-37(32)41)39(54)51-19-15-49(6)16-20-51/h9-12,22-23,27-28,30,35,43H,3,7-8,13-21,24,26H2,1-2,4-6H3,(H,44,45,46,47)/t27-,28-,30?,35?/m0/s1. The lowest BCUT2D eigenvalue weighted by Crippen LogP contribution is -2.47. The molecule has 2 N–H and O–H groups in total. The number of hydrogen-bond acceptors (Lipinski definition) is 10. The summed E-state index contributed by atoms with van der Waals surface area (Å²) in [5.41, 5.74) is 5.62. The molecule has 0 bridgehead atoms. The van der Waals surface area contributed by atoms with Crippen molar-refractivity contribution in [1.82, 2.24) is 50.4 Å². The second-order valence-electron chi connectivity index (χ2n) is 16.1. The Morgan fingerprint density at radius 3 is 1.94 bits per heavy atom. The number of likely N-dealkylation sites (N-methyl/N-ethyl adjacent to an activating group) is 2. The Morgan fingerprint density at radius 1 is 0.926 bits per heavy atom. The van der Waals surface area contributed by atoms with Crippen LogP contribution in [0.4, 0.5) is 0 Å². The van der Waals surface area contributed by atoms with E-state index in [1.54, 1.807) is 0 Å². The lowest BCUT2D eigenvalue weighted by molar-refractivity contribution is 0.0657. The minimum absolute atomic E-state index is 0.0487. The van der Waals surface area contributed by atoms with Crippen LogP contribution in [0.25, 0.3) is 0 Å². The highest BCUT2D eigenvalue weighted by atomic mass is 16.2. The van der Waals surface area contributed by atoms with Gasteiger partial charge in [-0.2, -0.15) is 10.5 Å². The van der Waals surface area contributed by atoms with Crippen molar-refractivity contribution in [2.24, 2.45) is 5.92 Å². The fourth-order valence-corrected chi connectivity index (χ4v) is 9.15. The molecule has 4 aliphatic rings. The predicted octanol–water partition coefficient (Wildman–Crippen LogP) is 2.91. The summed E-state index contributed by atoms with van der Waals surface area (Å²) in [4.78, 5) is 38.3. The molecule has 13 heteroatoms. The average molecular weight is 734 g/mol. The Bertz CT molecular complexity index is 1800. The molecule has 7 rings (SSSR count). The van der Waals surface area contributed by atoms with Gasteiger partial charge in [0, 0.05) is 87.8 Å². The summed E-state index contributed by atoms with van der Waals surface area (Å²) in [5, 5.41) is 29.8. The molecule has 3 aliphatic heterocycles. The number of H-pyrrole nitrogens is 1. The van der Waals surface area contributed by atoms with Gasteiger partial charge in [-0.1, -0.05) is 30.8 Å². The zero-order chi connectivity index (χ0) is 38.1. The molecule has 0 radical (unpaired) electrons. The molecule has 13 nitrogen and oxygen atoms in total. The van der Waals surface area contributed by atoms with Gasteiger partial charge in [-0.25, -0.2) is 0 Å². The molecule has 3 saturated heterocycles. The van der Waals surface area contributed by atoms with Crippen LogP contribution < -0.4 is 5.32 Å². The quantitative estimate of drug-likeness (QED) is 0.338. The SMILES string of the molecule is C=C(CN[C@@H](C)CC1(c2nn[nH]n2)c2ccc(C(=O)N3CCN(C)CC3)cc2CCc2cc(C(=O)N3CCN(C)CC3)ccc21)N1C(C#N)C[C@H](C)C1C. The molecule has 286 valence electrons. The maximum atomic E-state index is 13.9. The lowest BCUT2D eigenvalue weighted by Gasteiger charge is -2.37. The number of carbonyl (C=O) groups is 2. The number of likely N-dealkylation sites (tertiary alicyclic amines) is 1. The van der Waals surface area contributed by atoms with Gasteiger partial charge in [-0.05, 0) is 106 Å². The van der Waals surface area contributed by atoms with Crippen molar-refractivity contribution in [1.29, 1.82) is 5.26 Å². The first-order chi connectivity index (χ1) is 26.0. The van der Waals surface area contributed by atoms with E-state index >= 15 is 0 Å². The number of carbonyl (C=O) groups excluding carboxylic acids is 2. The minimum Gasteiger partial charge on any atom is -0.355 e. The summed E-state index contributed by atoms with van der Waals surface area (Å²) in [7, 11) is 4.18. The van der Waals surface area contributed by atoms with E-state index in [1.165, 1.54) is 0 Å². The highest BCUT2D eigenvalue weighted by molar-refractivity contribution is 5.95. The molecule has 1 aliphatic carbocycles. The van der Waals surface area contributed by atoms with Crippen LogP contribution in [-0.2, 0) is 18.3 Å². The fourth-order valence-electron chi connectivity index (χ4n) is 9.15. The number of benzene rings is 2. The third kappa shape index (κ3) is 7.14. The molecule has 2 unspecified atom stereocenters. The first-order valence-corrected chi connectivity index (χ1v) is 19.6. The smallest absolute Gasteiger partial charge is 0.253 e. The predicted molar refractivity (Wildman–Crippen MR) is 207 cm³/mol. The average Bonchev–Trinajstić information content (AvgIpc) is 3.80. The van der Waals surface area contributed by atoms with Crippen LogP contribution in [0.5, 0.6) is 0 Å². The minimum atomic E-state index is -0.850. The molecule has 0 spiro atoms. The van der Waals surface area contributed by atoms with Gasteiger partial charge in [-0.3, -0.25) is 9.59 Å². The zero-order valence-corrected chi connectivity index (χ0v) is 32.5. The van der Waals surface area contributed by atoms with Crippen LogP contribution in [0.15, 0.2) is 48.7 Å². The van der Waals surface area contributed by atoms with Gasteiger partial charge in [0.25, 0.3) is 11.8 Å². The highest BCUT2D eigenvalue weighted by Crippen LogP contribution is 2.47. The zero-order valence-electron chi connectivity index (χ0n) is 32.5. The molecule has 2 aromatic carbocycles. The number of aromatic amines is 1. The van der Waals surface area contributed by atoms with Crippen LogP contribution in [0.2, 0.25) is 0 Å². The van der Waals surface area contributed by atoms with E-state index in [0.717, 1.165) is 60.6 Å². The molecule has 2 amide bonds. The molecular formula is C41H55N11O2. The molecular weight excluding hydrogens is 679 g/mol. The summed E-state index contributed by atoms with van der Waals surface area (Å²) in [6, 6.07) is 14.7. The number of tetrazole rings is 1. The number of aryl methyl sites for hydroxylation is 2. The lowest BCUT2D eigenvalue weighted by atomic mass is 9.67. The van der Waals surface area contributed by atoms with E-state index in [9.17, 15) is 14.9 Å². The Balaban J connectivity index is 1.26. The van der Waals surface area contributed by atoms with Gasteiger partial charge in [0.05, 0.1) is 11.5 Å². The van der Waals surface area contributed by atoms with Crippen molar-refractivity contribution in [3.63, 3.8) is 0 Å². The summed E-state index contributed by atoms with van der Waals surface area (Å²) in [6.07, 6.45) is 2.79. The maximum Gasteiger partial charge on any atom is 0.253 e. The van der Waals surface area contributed by atoms with Crippen molar-refractivity contribution in [3.8, 4) is 6.07 Å². The summed E-state index contributed by atoms with van der Waals surface area (Å²) in [6.45, 7) is 17.7. The third-order valence-electron chi connectivity index (χ3n) is 12.6. The first-order valence-electron chi connectivity index (χ1n) is 19.6. The summed E-state index contributed by atoms with van der Waals surface area (Å²) < 4.78 is 0. The van der Waals surface area contributed by atoms with E-state index in [0.29, 0.717) is 74.9 Å². The largest absolute Gasteiger partial charge is 0.355 e. The number of rotatable bonds is 9. The van der Waals surface area contributed by atoms with Gasteiger partial charge in [-0.15, -0.1) is 10.2 Å². The molecule has 1 aromatic heterocycles. The number of aromatic nitrogens is 4. The number of nitriles is 1.